The molecule has 122 valence electrons. The van der Waals surface area contributed by atoms with Crippen LogP contribution in [-0.2, 0) is 16.1 Å². The summed E-state index contributed by atoms with van der Waals surface area (Å²) < 4.78 is 5.38. The zero-order valence-electron chi connectivity index (χ0n) is 13.8. The Morgan fingerprint density at radius 3 is 2.77 bits per heavy atom. The van der Waals surface area contributed by atoms with Gasteiger partial charge in [-0.05, 0) is 31.2 Å². The van der Waals surface area contributed by atoms with Crippen molar-refractivity contribution in [3.8, 4) is 0 Å². The molecule has 1 aromatic rings. The van der Waals surface area contributed by atoms with Gasteiger partial charge in [-0.1, -0.05) is 19.1 Å². The zero-order valence-corrected chi connectivity index (χ0v) is 13.8. The molecule has 1 amide bonds. The molecule has 0 saturated carbocycles. The van der Waals surface area contributed by atoms with Crippen molar-refractivity contribution in [1.29, 1.82) is 0 Å². The SMILES string of the molecule is CNCC(C)C(=O)Nc1cc(CN2CCOCC2)ccc1C. The molecule has 1 aliphatic heterocycles. The standard InChI is InChI=1S/C17H27N3O2/c1-13-4-5-15(12-20-6-8-22-9-7-20)10-16(13)19-17(21)14(2)11-18-3/h4-5,10,14,18H,6-9,11-12H2,1-3H3,(H,19,21). The van der Waals surface area contributed by atoms with Gasteiger partial charge >= 0.3 is 0 Å². The number of ether oxygens (including phenoxy) is 1. The number of anilines is 1. The Balaban J connectivity index is 2.01. The molecule has 1 aliphatic rings. The molecular formula is C17H27N3O2. The molecule has 1 aromatic carbocycles. The summed E-state index contributed by atoms with van der Waals surface area (Å²) >= 11 is 0. The minimum absolute atomic E-state index is 0.0488. The summed E-state index contributed by atoms with van der Waals surface area (Å²) in [4.78, 5) is 14.6. The molecule has 0 radical (unpaired) electrons. The number of rotatable bonds is 6. The fourth-order valence-corrected chi connectivity index (χ4v) is 2.57. The van der Waals surface area contributed by atoms with Crippen molar-refractivity contribution < 1.29 is 9.53 Å². The molecule has 1 unspecified atom stereocenters. The van der Waals surface area contributed by atoms with Crippen LogP contribution in [0.4, 0.5) is 5.69 Å². The number of hydrogen-bond acceptors (Lipinski definition) is 4. The van der Waals surface area contributed by atoms with Crippen molar-refractivity contribution >= 4 is 11.6 Å². The normalized spacial score (nSPS) is 17.2. The van der Waals surface area contributed by atoms with Crippen molar-refractivity contribution in [3.05, 3.63) is 29.3 Å². The molecule has 1 fully saturated rings. The maximum Gasteiger partial charge on any atom is 0.228 e. The predicted octanol–water partition coefficient (Wildman–Crippen LogP) is 1.62. The molecule has 0 spiro atoms. The molecule has 5 heteroatoms. The number of amides is 1. The van der Waals surface area contributed by atoms with Crippen LogP contribution in [0.1, 0.15) is 18.1 Å². The summed E-state index contributed by atoms with van der Waals surface area (Å²) in [5, 5.41) is 6.09. The highest BCUT2D eigenvalue weighted by atomic mass is 16.5. The Hall–Kier alpha value is -1.43. The molecule has 2 N–H and O–H groups in total. The summed E-state index contributed by atoms with van der Waals surface area (Å²) in [6.07, 6.45) is 0. The van der Waals surface area contributed by atoms with Crippen molar-refractivity contribution in [2.75, 3.05) is 45.2 Å². The number of benzene rings is 1. The molecule has 22 heavy (non-hydrogen) atoms. The lowest BCUT2D eigenvalue weighted by Crippen LogP contribution is -2.35. The Bertz CT molecular complexity index is 499. The summed E-state index contributed by atoms with van der Waals surface area (Å²) in [6.45, 7) is 9.07. The predicted molar refractivity (Wildman–Crippen MR) is 89.0 cm³/mol. The summed E-state index contributed by atoms with van der Waals surface area (Å²) in [5.41, 5.74) is 3.23. The van der Waals surface area contributed by atoms with Gasteiger partial charge in [-0.3, -0.25) is 9.69 Å². The molecule has 1 heterocycles. The molecule has 0 aromatic heterocycles. The van der Waals surface area contributed by atoms with Crippen LogP contribution >= 0.6 is 0 Å². The highest BCUT2D eigenvalue weighted by molar-refractivity contribution is 5.93. The van der Waals surface area contributed by atoms with Crippen molar-refractivity contribution in [2.45, 2.75) is 20.4 Å². The third kappa shape index (κ3) is 4.80. The average Bonchev–Trinajstić information content (AvgIpc) is 2.52. The Morgan fingerprint density at radius 1 is 1.36 bits per heavy atom. The quantitative estimate of drug-likeness (QED) is 0.838. The second-order valence-corrected chi connectivity index (χ2v) is 5.99. The van der Waals surface area contributed by atoms with Crippen LogP contribution in [0.5, 0.6) is 0 Å². The van der Waals surface area contributed by atoms with Gasteiger partial charge in [0.05, 0.1) is 13.2 Å². The van der Waals surface area contributed by atoms with E-state index in [-0.39, 0.29) is 11.8 Å². The molecule has 1 saturated heterocycles. The van der Waals surface area contributed by atoms with E-state index in [2.05, 4.69) is 33.7 Å². The minimum Gasteiger partial charge on any atom is -0.379 e. The van der Waals surface area contributed by atoms with Gasteiger partial charge in [-0.25, -0.2) is 0 Å². The molecule has 5 nitrogen and oxygen atoms in total. The first kappa shape index (κ1) is 16.9. The van der Waals surface area contributed by atoms with Gasteiger partial charge in [0.2, 0.25) is 5.91 Å². The van der Waals surface area contributed by atoms with Crippen LogP contribution in [0.3, 0.4) is 0 Å². The van der Waals surface area contributed by atoms with Crippen LogP contribution in [0.25, 0.3) is 0 Å². The lowest BCUT2D eigenvalue weighted by molar-refractivity contribution is -0.119. The van der Waals surface area contributed by atoms with Gasteiger partial charge in [-0.15, -0.1) is 0 Å². The van der Waals surface area contributed by atoms with E-state index in [1.54, 1.807) is 0 Å². The van der Waals surface area contributed by atoms with Crippen molar-refractivity contribution in [1.82, 2.24) is 10.2 Å². The number of aryl methyl sites for hydroxylation is 1. The van der Waals surface area contributed by atoms with Gasteiger partial charge < -0.3 is 15.4 Å². The smallest absolute Gasteiger partial charge is 0.228 e. The highest BCUT2D eigenvalue weighted by Gasteiger charge is 2.14. The monoisotopic (exact) mass is 305 g/mol. The largest absolute Gasteiger partial charge is 0.379 e. The van der Waals surface area contributed by atoms with Gasteiger partial charge in [0.25, 0.3) is 0 Å². The van der Waals surface area contributed by atoms with Crippen LogP contribution in [-0.4, -0.2) is 50.7 Å². The molecule has 0 bridgehead atoms. The Labute approximate surface area is 133 Å². The average molecular weight is 305 g/mol. The first-order valence-electron chi connectivity index (χ1n) is 7.95. The summed E-state index contributed by atoms with van der Waals surface area (Å²) in [5.74, 6) is 0.00766. The number of carbonyl (C=O) groups excluding carboxylic acids is 1. The Morgan fingerprint density at radius 2 is 2.09 bits per heavy atom. The van der Waals surface area contributed by atoms with Crippen molar-refractivity contribution in [3.63, 3.8) is 0 Å². The maximum atomic E-state index is 12.2. The van der Waals surface area contributed by atoms with E-state index in [4.69, 9.17) is 4.74 Å². The minimum atomic E-state index is -0.0488. The lowest BCUT2D eigenvalue weighted by atomic mass is 10.1. The van der Waals surface area contributed by atoms with E-state index in [9.17, 15) is 4.79 Å². The first-order valence-corrected chi connectivity index (χ1v) is 7.95. The summed E-state index contributed by atoms with van der Waals surface area (Å²) in [6, 6.07) is 6.31. The molecule has 2 rings (SSSR count). The Kier molecular flexibility index (Phi) is 6.36. The van der Waals surface area contributed by atoms with Crippen molar-refractivity contribution in [2.24, 2.45) is 5.92 Å². The van der Waals surface area contributed by atoms with Crippen LogP contribution in [0.2, 0.25) is 0 Å². The molecule has 1 atom stereocenters. The first-order chi connectivity index (χ1) is 10.6. The van der Waals surface area contributed by atoms with Gasteiger partial charge in [0.1, 0.15) is 0 Å². The van der Waals surface area contributed by atoms with E-state index in [1.165, 1.54) is 5.56 Å². The van der Waals surface area contributed by atoms with E-state index < -0.39 is 0 Å². The van der Waals surface area contributed by atoms with E-state index in [0.29, 0.717) is 6.54 Å². The number of carbonyl (C=O) groups is 1. The van der Waals surface area contributed by atoms with Crippen LogP contribution in [0, 0.1) is 12.8 Å². The van der Waals surface area contributed by atoms with E-state index in [1.807, 2.05) is 20.9 Å². The lowest BCUT2D eigenvalue weighted by Gasteiger charge is -2.26. The number of morpholine rings is 1. The molecule has 0 aliphatic carbocycles. The van der Waals surface area contributed by atoms with Crippen LogP contribution in [0.15, 0.2) is 18.2 Å². The summed E-state index contributed by atoms with van der Waals surface area (Å²) in [7, 11) is 1.86. The van der Waals surface area contributed by atoms with Crippen LogP contribution < -0.4 is 10.6 Å². The van der Waals surface area contributed by atoms with Gasteiger partial charge in [0, 0.05) is 37.8 Å². The second-order valence-electron chi connectivity index (χ2n) is 5.99. The number of nitrogens with zero attached hydrogens (tertiary/aromatic N) is 1. The van der Waals surface area contributed by atoms with Gasteiger partial charge in [0.15, 0.2) is 0 Å². The zero-order chi connectivity index (χ0) is 15.9. The number of hydrogen-bond donors (Lipinski definition) is 2. The second kappa shape index (κ2) is 8.27. The third-order valence-corrected chi connectivity index (χ3v) is 4.03. The fourth-order valence-electron chi connectivity index (χ4n) is 2.57. The topological polar surface area (TPSA) is 53.6 Å². The highest BCUT2D eigenvalue weighted by Crippen LogP contribution is 2.19. The van der Waals surface area contributed by atoms with Gasteiger partial charge in [-0.2, -0.15) is 0 Å². The van der Waals surface area contributed by atoms with E-state index >= 15 is 0 Å². The maximum absolute atomic E-state index is 12.2. The molecular weight excluding hydrogens is 278 g/mol. The van der Waals surface area contributed by atoms with E-state index in [0.717, 1.165) is 44.1 Å². The fraction of sp³-hybridized carbons (Fsp3) is 0.588. The third-order valence-electron chi connectivity index (χ3n) is 4.03. The number of nitrogens with one attached hydrogen (secondary N) is 2.